The molecule has 1 aromatic heterocycles. The van der Waals surface area contributed by atoms with Gasteiger partial charge in [-0.15, -0.1) is 0 Å². The normalized spacial score (nSPS) is 12.5. The van der Waals surface area contributed by atoms with Crippen LogP contribution in [0.4, 0.5) is 0 Å². The van der Waals surface area contributed by atoms with Gasteiger partial charge in [0.15, 0.2) is 0 Å². The summed E-state index contributed by atoms with van der Waals surface area (Å²) in [6, 6.07) is 4.11. The van der Waals surface area contributed by atoms with E-state index in [1.807, 2.05) is 20.8 Å². The van der Waals surface area contributed by atoms with E-state index < -0.39 is 0 Å². The van der Waals surface area contributed by atoms with Gasteiger partial charge >= 0.3 is 0 Å². The maximum atomic E-state index is 8.71. The highest BCUT2D eigenvalue weighted by molar-refractivity contribution is 5.20. The zero-order chi connectivity index (χ0) is 12.1. The third-order valence-corrected chi connectivity index (χ3v) is 2.51. The number of aryl methyl sites for hydroxylation is 3. The van der Waals surface area contributed by atoms with Gasteiger partial charge in [0, 0.05) is 11.4 Å². The smallest absolute Gasteiger partial charge is 0.113 e. The number of hydrogen-bond acceptors (Lipinski definition) is 3. The van der Waals surface area contributed by atoms with Crippen LogP contribution in [0, 0.1) is 13.8 Å². The average Bonchev–Trinajstić information content (AvgIpc) is 2.16. The van der Waals surface area contributed by atoms with Crippen LogP contribution < -0.4 is 0 Å². The van der Waals surface area contributed by atoms with Gasteiger partial charge in [0.25, 0.3) is 0 Å². The molecule has 0 bridgehead atoms. The third kappa shape index (κ3) is 3.76. The number of rotatable bonds is 5. The van der Waals surface area contributed by atoms with E-state index in [2.05, 4.69) is 28.6 Å². The van der Waals surface area contributed by atoms with Crippen LogP contribution in [0.15, 0.2) is 24.3 Å². The van der Waals surface area contributed by atoms with E-state index in [9.17, 15) is 0 Å². The minimum atomic E-state index is -0.284. The van der Waals surface area contributed by atoms with Crippen LogP contribution >= 0.6 is 0 Å². The van der Waals surface area contributed by atoms with E-state index in [1.54, 1.807) is 0 Å². The minimum absolute atomic E-state index is 0.284. The molecule has 0 fully saturated rings. The number of pyridine rings is 1. The summed E-state index contributed by atoms with van der Waals surface area (Å²) in [5.74, 6) is 0. The van der Waals surface area contributed by atoms with Gasteiger partial charge in [0.2, 0.25) is 0 Å². The van der Waals surface area contributed by atoms with E-state index in [0.29, 0.717) is 0 Å². The van der Waals surface area contributed by atoms with Crippen molar-refractivity contribution in [3.8, 4) is 0 Å². The fraction of sp³-hybridized carbons (Fsp3) is 0.462. The molecule has 1 N–H and O–H groups in total. The Hall–Kier alpha value is -1.19. The SMILES string of the molecule is C=C(C)C(CCc1cc(C)nc(C)c1)OO. The molecule has 0 aliphatic heterocycles. The summed E-state index contributed by atoms with van der Waals surface area (Å²) in [5, 5.41) is 8.71. The summed E-state index contributed by atoms with van der Waals surface area (Å²) >= 11 is 0. The van der Waals surface area contributed by atoms with Crippen LogP contribution in [0.25, 0.3) is 0 Å². The molecular formula is C13H19NO2. The van der Waals surface area contributed by atoms with Crippen LogP contribution in [0.5, 0.6) is 0 Å². The molecule has 0 spiro atoms. The molecule has 0 aromatic carbocycles. The molecule has 0 amide bonds. The second kappa shape index (κ2) is 5.77. The van der Waals surface area contributed by atoms with Gasteiger partial charge in [-0.1, -0.05) is 6.58 Å². The quantitative estimate of drug-likeness (QED) is 0.472. The van der Waals surface area contributed by atoms with Crippen molar-refractivity contribution in [1.29, 1.82) is 0 Å². The number of hydrogen-bond donors (Lipinski definition) is 1. The maximum absolute atomic E-state index is 8.71. The summed E-state index contributed by atoms with van der Waals surface area (Å²) in [5.41, 5.74) is 4.09. The van der Waals surface area contributed by atoms with Crippen molar-refractivity contribution in [2.45, 2.75) is 39.7 Å². The van der Waals surface area contributed by atoms with E-state index in [0.717, 1.165) is 29.8 Å². The van der Waals surface area contributed by atoms with Crippen molar-refractivity contribution >= 4 is 0 Å². The van der Waals surface area contributed by atoms with E-state index >= 15 is 0 Å². The van der Waals surface area contributed by atoms with Gasteiger partial charge in [-0.05, 0) is 56.9 Å². The Morgan fingerprint density at radius 3 is 2.44 bits per heavy atom. The molecule has 3 nitrogen and oxygen atoms in total. The van der Waals surface area contributed by atoms with Crippen LogP contribution in [0.3, 0.4) is 0 Å². The molecule has 0 aliphatic rings. The molecule has 16 heavy (non-hydrogen) atoms. The van der Waals surface area contributed by atoms with E-state index in [-0.39, 0.29) is 6.10 Å². The van der Waals surface area contributed by atoms with E-state index in [4.69, 9.17) is 5.26 Å². The van der Waals surface area contributed by atoms with E-state index in [1.165, 1.54) is 5.56 Å². The van der Waals surface area contributed by atoms with Crippen LogP contribution in [-0.2, 0) is 11.3 Å². The lowest BCUT2D eigenvalue weighted by molar-refractivity contribution is -0.269. The standard InChI is InChI=1S/C13H19NO2/c1-9(2)13(16-15)6-5-12-7-10(3)14-11(4)8-12/h7-8,13,15H,1,5-6H2,2-4H3. The summed E-state index contributed by atoms with van der Waals surface area (Å²) in [4.78, 5) is 8.70. The molecule has 1 heterocycles. The second-order valence-electron chi connectivity index (χ2n) is 4.24. The first-order chi connectivity index (χ1) is 7.52. The summed E-state index contributed by atoms with van der Waals surface area (Å²) in [6.45, 7) is 9.59. The van der Waals surface area contributed by atoms with Crippen molar-refractivity contribution in [2.75, 3.05) is 0 Å². The van der Waals surface area contributed by atoms with Crippen molar-refractivity contribution in [1.82, 2.24) is 4.98 Å². The Morgan fingerprint density at radius 1 is 1.44 bits per heavy atom. The van der Waals surface area contributed by atoms with Crippen molar-refractivity contribution in [3.63, 3.8) is 0 Å². The molecule has 0 saturated carbocycles. The number of nitrogens with zero attached hydrogens (tertiary/aromatic N) is 1. The Bertz CT molecular complexity index is 354. The lowest BCUT2D eigenvalue weighted by Gasteiger charge is -2.13. The Labute approximate surface area is 96.7 Å². The Kier molecular flexibility index (Phi) is 4.65. The van der Waals surface area contributed by atoms with Crippen molar-refractivity contribution < 1.29 is 10.1 Å². The zero-order valence-corrected chi connectivity index (χ0v) is 10.2. The largest absolute Gasteiger partial charge is 0.258 e. The summed E-state index contributed by atoms with van der Waals surface area (Å²) < 4.78 is 0. The predicted octanol–water partition coefficient (Wildman–Crippen LogP) is 3.07. The first kappa shape index (κ1) is 12.9. The highest BCUT2D eigenvalue weighted by atomic mass is 17.1. The first-order valence-electron chi connectivity index (χ1n) is 5.42. The highest BCUT2D eigenvalue weighted by Gasteiger charge is 2.10. The fourth-order valence-electron chi connectivity index (χ4n) is 1.75. The average molecular weight is 221 g/mol. The summed E-state index contributed by atoms with van der Waals surface area (Å²) in [6.07, 6.45) is 1.30. The molecule has 1 unspecified atom stereocenters. The third-order valence-electron chi connectivity index (χ3n) is 2.51. The number of aromatic nitrogens is 1. The van der Waals surface area contributed by atoms with Gasteiger partial charge in [-0.2, -0.15) is 0 Å². The predicted molar refractivity (Wildman–Crippen MR) is 64.3 cm³/mol. The van der Waals surface area contributed by atoms with Gasteiger partial charge in [0.1, 0.15) is 6.10 Å². The van der Waals surface area contributed by atoms with Crippen LogP contribution in [-0.4, -0.2) is 16.3 Å². The second-order valence-corrected chi connectivity index (χ2v) is 4.24. The van der Waals surface area contributed by atoms with Gasteiger partial charge in [-0.3, -0.25) is 10.2 Å². The summed E-state index contributed by atoms with van der Waals surface area (Å²) in [7, 11) is 0. The molecule has 1 aromatic rings. The molecule has 3 heteroatoms. The van der Waals surface area contributed by atoms with Crippen molar-refractivity contribution in [3.05, 3.63) is 41.2 Å². The monoisotopic (exact) mass is 221 g/mol. The highest BCUT2D eigenvalue weighted by Crippen LogP contribution is 2.13. The molecule has 0 saturated heterocycles. The minimum Gasteiger partial charge on any atom is -0.258 e. The molecule has 1 atom stereocenters. The topological polar surface area (TPSA) is 42.4 Å². The maximum Gasteiger partial charge on any atom is 0.113 e. The lowest BCUT2D eigenvalue weighted by atomic mass is 10.0. The molecular weight excluding hydrogens is 202 g/mol. The Morgan fingerprint density at radius 2 is 2.00 bits per heavy atom. The fourth-order valence-corrected chi connectivity index (χ4v) is 1.75. The van der Waals surface area contributed by atoms with Crippen LogP contribution in [0.1, 0.15) is 30.3 Å². The Balaban J connectivity index is 2.63. The molecule has 0 aliphatic carbocycles. The molecule has 1 rings (SSSR count). The van der Waals surface area contributed by atoms with Gasteiger partial charge in [-0.25, -0.2) is 4.89 Å². The van der Waals surface area contributed by atoms with Gasteiger partial charge in [0.05, 0.1) is 0 Å². The zero-order valence-electron chi connectivity index (χ0n) is 10.2. The molecule has 88 valence electrons. The van der Waals surface area contributed by atoms with Crippen LogP contribution in [0.2, 0.25) is 0 Å². The van der Waals surface area contributed by atoms with Gasteiger partial charge < -0.3 is 0 Å². The first-order valence-corrected chi connectivity index (χ1v) is 5.42. The lowest BCUT2D eigenvalue weighted by Crippen LogP contribution is -2.13. The molecule has 0 radical (unpaired) electrons. The van der Waals surface area contributed by atoms with Crippen molar-refractivity contribution in [2.24, 2.45) is 0 Å².